The molecular weight excluding hydrogens is 340 g/mol. The lowest BCUT2D eigenvalue weighted by Gasteiger charge is -2.04. The zero-order chi connectivity index (χ0) is 11.0. The van der Waals surface area contributed by atoms with Gasteiger partial charge in [-0.3, -0.25) is 0 Å². The molecule has 2 heterocycles. The van der Waals surface area contributed by atoms with Gasteiger partial charge >= 0.3 is 0 Å². The van der Waals surface area contributed by atoms with Crippen LogP contribution < -0.4 is 0 Å². The fourth-order valence-electron chi connectivity index (χ4n) is 1.42. The number of rotatable bonds is 2. The van der Waals surface area contributed by atoms with Gasteiger partial charge < -0.3 is 4.42 Å². The molecule has 2 aromatic heterocycles. The lowest BCUT2D eigenvalue weighted by Crippen LogP contribution is -1.86. The minimum atomic E-state index is 0.211. The molecule has 0 amide bonds. The van der Waals surface area contributed by atoms with E-state index in [4.69, 9.17) is 4.42 Å². The van der Waals surface area contributed by atoms with Crippen molar-refractivity contribution in [2.75, 3.05) is 0 Å². The van der Waals surface area contributed by atoms with Crippen LogP contribution in [0.25, 0.3) is 0 Å². The number of thiophene rings is 1. The molecule has 0 saturated carbocycles. The van der Waals surface area contributed by atoms with Crippen molar-refractivity contribution in [1.82, 2.24) is 0 Å². The van der Waals surface area contributed by atoms with Crippen LogP contribution in [0.2, 0.25) is 0 Å². The summed E-state index contributed by atoms with van der Waals surface area (Å²) in [6.45, 7) is 4.07. The molecule has 0 saturated heterocycles. The van der Waals surface area contributed by atoms with Crippen molar-refractivity contribution in [3.63, 3.8) is 0 Å². The van der Waals surface area contributed by atoms with Crippen LogP contribution in [0.5, 0.6) is 0 Å². The zero-order valence-corrected chi connectivity index (χ0v) is 12.4. The normalized spacial score (nSPS) is 13.1. The molecule has 0 aliphatic heterocycles. The van der Waals surface area contributed by atoms with Gasteiger partial charge in [0.25, 0.3) is 0 Å². The number of aryl methyl sites for hydroxylation is 2. The second kappa shape index (κ2) is 4.44. The van der Waals surface area contributed by atoms with Crippen molar-refractivity contribution in [2.24, 2.45) is 0 Å². The molecule has 1 nitrogen and oxygen atoms in total. The highest BCUT2D eigenvalue weighted by molar-refractivity contribution is 9.11. The third kappa shape index (κ3) is 2.37. The number of hydrogen-bond acceptors (Lipinski definition) is 2. The summed E-state index contributed by atoms with van der Waals surface area (Å²) in [6.07, 6.45) is 1.80. The molecule has 1 atom stereocenters. The highest BCUT2D eigenvalue weighted by Gasteiger charge is 2.17. The average Bonchev–Trinajstić information content (AvgIpc) is 2.71. The first-order chi connectivity index (χ1) is 7.08. The average molecular weight is 350 g/mol. The van der Waals surface area contributed by atoms with Gasteiger partial charge in [0.1, 0.15) is 5.76 Å². The Bertz CT molecular complexity index is 473. The Hall–Kier alpha value is -0.0600. The molecule has 0 radical (unpaired) electrons. The Morgan fingerprint density at radius 2 is 2.07 bits per heavy atom. The molecule has 0 spiro atoms. The Labute approximate surface area is 110 Å². The summed E-state index contributed by atoms with van der Waals surface area (Å²) in [5, 5.41) is 0. The van der Waals surface area contributed by atoms with Crippen LogP contribution in [0.4, 0.5) is 0 Å². The number of furan rings is 1. The molecule has 0 N–H and O–H groups in total. The van der Waals surface area contributed by atoms with Crippen LogP contribution in [0.1, 0.15) is 25.9 Å². The van der Waals surface area contributed by atoms with E-state index in [-0.39, 0.29) is 4.83 Å². The Balaban J connectivity index is 2.35. The first-order valence-corrected chi connectivity index (χ1v) is 7.05. The van der Waals surface area contributed by atoms with Gasteiger partial charge in [0.15, 0.2) is 0 Å². The predicted molar refractivity (Wildman–Crippen MR) is 71.0 cm³/mol. The largest absolute Gasteiger partial charge is 0.469 e. The van der Waals surface area contributed by atoms with Gasteiger partial charge in [-0.05, 0) is 41.9 Å². The number of hydrogen-bond donors (Lipinski definition) is 0. The van der Waals surface area contributed by atoms with Gasteiger partial charge in [-0.25, -0.2) is 0 Å². The topological polar surface area (TPSA) is 13.1 Å². The van der Waals surface area contributed by atoms with Gasteiger partial charge in [-0.1, -0.05) is 15.9 Å². The molecule has 2 rings (SSSR count). The van der Waals surface area contributed by atoms with Gasteiger partial charge in [-0.15, -0.1) is 11.3 Å². The molecule has 4 heteroatoms. The quantitative estimate of drug-likeness (QED) is 0.678. The van der Waals surface area contributed by atoms with E-state index >= 15 is 0 Å². The summed E-state index contributed by atoms with van der Waals surface area (Å²) in [5.74, 6) is 0.943. The Morgan fingerprint density at radius 1 is 1.33 bits per heavy atom. The van der Waals surface area contributed by atoms with Crippen LogP contribution in [-0.4, -0.2) is 0 Å². The molecule has 0 bridgehead atoms. The van der Waals surface area contributed by atoms with Crippen molar-refractivity contribution in [2.45, 2.75) is 18.7 Å². The third-order valence-corrected chi connectivity index (χ3v) is 5.43. The van der Waals surface area contributed by atoms with E-state index in [9.17, 15) is 0 Å². The van der Waals surface area contributed by atoms with E-state index in [1.54, 1.807) is 17.6 Å². The Morgan fingerprint density at radius 3 is 2.53 bits per heavy atom. The summed E-state index contributed by atoms with van der Waals surface area (Å²) in [7, 11) is 0. The first kappa shape index (κ1) is 11.4. The maximum Gasteiger partial charge on any atom is 0.101 e. The molecule has 15 heavy (non-hydrogen) atoms. The fraction of sp³-hybridized carbons (Fsp3) is 0.273. The van der Waals surface area contributed by atoms with Crippen LogP contribution in [0, 0.1) is 13.8 Å². The van der Waals surface area contributed by atoms with Gasteiger partial charge in [-0.2, -0.15) is 0 Å². The molecular formula is C11H10Br2OS. The molecule has 0 aromatic carbocycles. The second-order valence-corrected chi connectivity index (χ2v) is 6.48. The highest BCUT2D eigenvalue weighted by atomic mass is 79.9. The van der Waals surface area contributed by atoms with Crippen molar-refractivity contribution in [1.29, 1.82) is 0 Å². The Kier molecular flexibility index (Phi) is 3.38. The lowest BCUT2D eigenvalue weighted by atomic mass is 10.2. The SMILES string of the molecule is Cc1cc(C(Br)c2sc(C)cc2Br)co1. The monoisotopic (exact) mass is 348 g/mol. The van der Waals surface area contributed by atoms with Crippen LogP contribution in [-0.2, 0) is 0 Å². The van der Waals surface area contributed by atoms with E-state index < -0.39 is 0 Å². The minimum Gasteiger partial charge on any atom is -0.469 e. The smallest absolute Gasteiger partial charge is 0.101 e. The van der Waals surface area contributed by atoms with Crippen LogP contribution in [0.3, 0.4) is 0 Å². The maximum atomic E-state index is 5.31. The van der Waals surface area contributed by atoms with Gasteiger partial charge in [0.05, 0.1) is 11.1 Å². The molecule has 80 valence electrons. The van der Waals surface area contributed by atoms with Crippen molar-refractivity contribution < 1.29 is 4.42 Å². The summed E-state index contributed by atoms with van der Waals surface area (Å²) in [4.78, 5) is 2.80. The lowest BCUT2D eigenvalue weighted by molar-refractivity contribution is 0.532. The van der Waals surface area contributed by atoms with Crippen LogP contribution in [0.15, 0.2) is 27.3 Å². The van der Waals surface area contributed by atoms with E-state index in [2.05, 4.69) is 50.9 Å². The highest BCUT2D eigenvalue weighted by Crippen LogP contribution is 2.40. The zero-order valence-electron chi connectivity index (χ0n) is 8.38. The fourth-order valence-corrected chi connectivity index (χ4v) is 4.38. The maximum absolute atomic E-state index is 5.31. The predicted octanol–water partition coefficient (Wildman–Crippen LogP) is 5.20. The third-order valence-electron chi connectivity index (χ3n) is 2.11. The number of alkyl halides is 1. The number of halogens is 2. The van der Waals surface area contributed by atoms with E-state index in [0.717, 1.165) is 15.8 Å². The molecule has 1 unspecified atom stereocenters. The summed E-state index contributed by atoms with van der Waals surface area (Å²) < 4.78 is 6.47. The van der Waals surface area contributed by atoms with E-state index in [1.165, 1.54) is 9.75 Å². The van der Waals surface area contributed by atoms with Crippen molar-refractivity contribution in [3.05, 3.63) is 43.9 Å². The summed E-state index contributed by atoms with van der Waals surface area (Å²) in [5.41, 5.74) is 1.16. The first-order valence-electron chi connectivity index (χ1n) is 4.53. The molecule has 2 aromatic rings. The molecule has 0 aliphatic rings. The summed E-state index contributed by atoms with van der Waals surface area (Å²) in [6, 6.07) is 4.20. The van der Waals surface area contributed by atoms with Crippen LogP contribution >= 0.6 is 43.2 Å². The van der Waals surface area contributed by atoms with Gasteiger partial charge in [0.2, 0.25) is 0 Å². The van der Waals surface area contributed by atoms with E-state index in [0.29, 0.717) is 0 Å². The minimum absolute atomic E-state index is 0.211. The standard InChI is InChI=1S/C11H10Br2OS/c1-6-3-8(5-14-6)10(13)11-9(12)4-7(2)15-11/h3-5,10H,1-2H3. The summed E-state index contributed by atoms with van der Waals surface area (Å²) >= 11 is 9.05. The second-order valence-electron chi connectivity index (χ2n) is 3.42. The van der Waals surface area contributed by atoms with Crippen molar-refractivity contribution >= 4 is 43.2 Å². The van der Waals surface area contributed by atoms with E-state index in [1.807, 2.05) is 6.92 Å². The molecule has 0 aliphatic carbocycles. The van der Waals surface area contributed by atoms with Gasteiger partial charge in [0, 0.05) is 19.8 Å². The van der Waals surface area contributed by atoms with Crippen molar-refractivity contribution in [3.8, 4) is 0 Å². The molecule has 0 fully saturated rings.